The molecule has 0 aliphatic carbocycles. The molecule has 0 aliphatic heterocycles. The van der Waals surface area contributed by atoms with Gasteiger partial charge in [0.25, 0.3) is 0 Å². The summed E-state index contributed by atoms with van der Waals surface area (Å²) in [5, 5.41) is 1.67. The average molecular weight is 266 g/mol. The van der Waals surface area contributed by atoms with Crippen molar-refractivity contribution in [2.45, 2.75) is 13.3 Å². The van der Waals surface area contributed by atoms with Crippen molar-refractivity contribution in [1.29, 1.82) is 0 Å². The van der Waals surface area contributed by atoms with Crippen molar-refractivity contribution in [3.63, 3.8) is 0 Å². The summed E-state index contributed by atoms with van der Waals surface area (Å²) < 4.78 is 2.10. The van der Waals surface area contributed by atoms with Gasteiger partial charge in [-0.2, -0.15) is 0 Å². The topological polar surface area (TPSA) is 17.1 Å². The first-order chi connectivity index (χ1) is 9.26. The highest BCUT2D eigenvalue weighted by molar-refractivity contribution is 7.24. The number of fused-ring (bicyclic) bond motifs is 2. The Kier molecular flexibility index (Phi) is 2.96. The fourth-order valence-corrected chi connectivity index (χ4v) is 3.67. The van der Waals surface area contributed by atoms with Crippen LogP contribution < -0.4 is 5.43 Å². The third-order valence-electron chi connectivity index (χ3n) is 3.45. The van der Waals surface area contributed by atoms with Crippen LogP contribution in [0.1, 0.15) is 18.1 Å². The zero-order valence-corrected chi connectivity index (χ0v) is 11.6. The monoisotopic (exact) mass is 266 g/mol. The van der Waals surface area contributed by atoms with Crippen molar-refractivity contribution < 1.29 is 0 Å². The second kappa shape index (κ2) is 4.63. The molecular weight excluding hydrogens is 252 g/mol. The van der Waals surface area contributed by atoms with Gasteiger partial charge in [0.15, 0.2) is 5.43 Å². The van der Waals surface area contributed by atoms with E-state index in [0.29, 0.717) is 0 Å². The molecule has 0 aliphatic rings. The fourth-order valence-electron chi connectivity index (χ4n) is 2.50. The minimum atomic E-state index is 0.136. The van der Waals surface area contributed by atoms with Crippen molar-refractivity contribution in [3.05, 3.63) is 64.3 Å². The molecule has 94 valence electrons. The molecule has 0 saturated heterocycles. The van der Waals surface area contributed by atoms with Crippen LogP contribution in [0.5, 0.6) is 0 Å². The molecule has 0 bridgehead atoms. The molecule has 0 atom stereocenters. The normalized spacial score (nSPS) is 11.0. The average Bonchev–Trinajstić information content (AvgIpc) is 2.45. The quantitative estimate of drug-likeness (QED) is 0.618. The van der Waals surface area contributed by atoms with Crippen molar-refractivity contribution in [2.75, 3.05) is 0 Å². The smallest absolute Gasteiger partial charge is 0.196 e. The number of hydrogen-bond donors (Lipinski definition) is 0. The number of benzene rings is 2. The molecule has 3 aromatic rings. The Morgan fingerprint density at radius 3 is 2.47 bits per heavy atom. The summed E-state index contributed by atoms with van der Waals surface area (Å²) in [5.74, 6) is 0. The first-order valence-corrected chi connectivity index (χ1v) is 7.17. The van der Waals surface area contributed by atoms with Gasteiger partial charge in [0.2, 0.25) is 0 Å². The van der Waals surface area contributed by atoms with Crippen LogP contribution in [0.2, 0.25) is 0 Å². The van der Waals surface area contributed by atoms with E-state index in [9.17, 15) is 4.79 Å². The zero-order chi connectivity index (χ0) is 13.4. The van der Waals surface area contributed by atoms with E-state index >= 15 is 0 Å². The maximum absolute atomic E-state index is 12.8. The molecule has 19 heavy (non-hydrogen) atoms. The van der Waals surface area contributed by atoms with Gasteiger partial charge in [-0.3, -0.25) is 4.79 Å². The van der Waals surface area contributed by atoms with E-state index in [2.05, 4.69) is 13.5 Å². The summed E-state index contributed by atoms with van der Waals surface area (Å²) in [6.07, 6.45) is 2.64. The second-order valence-electron chi connectivity index (χ2n) is 4.50. The molecule has 2 aromatic carbocycles. The minimum Gasteiger partial charge on any atom is -0.288 e. The van der Waals surface area contributed by atoms with Crippen LogP contribution in [0, 0.1) is 0 Å². The lowest BCUT2D eigenvalue weighted by atomic mass is 10.0. The van der Waals surface area contributed by atoms with Gasteiger partial charge in [-0.25, -0.2) is 0 Å². The number of hydrogen-bond acceptors (Lipinski definition) is 2. The van der Waals surface area contributed by atoms with Gasteiger partial charge in [-0.1, -0.05) is 43.8 Å². The molecule has 0 spiro atoms. The van der Waals surface area contributed by atoms with E-state index in [-0.39, 0.29) is 5.43 Å². The van der Waals surface area contributed by atoms with Crippen molar-refractivity contribution >= 4 is 37.6 Å². The van der Waals surface area contributed by atoms with E-state index in [4.69, 9.17) is 0 Å². The standard InChI is InChI=1S/C17H14OS/c1-3-11-7-5-9-13-15(11)17(18)16-12(4-2)8-6-10-14(16)19-13/h3,5-10H,1,4H2,2H3. The first-order valence-electron chi connectivity index (χ1n) is 6.36. The molecule has 1 aromatic heterocycles. The van der Waals surface area contributed by atoms with E-state index in [0.717, 1.165) is 37.7 Å². The summed E-state index contributed by atoms with van der Waals surface area (Å²) in [7, 11) is 0. The fraction of sp³-hybridized carbons (Fsp3) is 0.118. The molecule has 0 unspecified atom stereocenters. The lowest BCUT2D eigenvalue weighted by Gasteiger charge is -2.06. The van der Waals surface area contributed by atoms with Gasteiger partial charge in [0.05, 0.1) is 0 Å². The van der Waals surface area contributed by atoms with E-state index in [1.54, 1.807) is 17.4 Å². The molecule has 0 radical (unpaired) electrons. The van der Waals surface area contributed by atoms with Gasteiger partial charge in [-0.15, -0.1) is 11.3 Å². The van der Waals surface area contributed by atoms with Crippen molar-refractivity contribution in [1.82, 2.24) is 0 Å². The molecule has 0 saturated carbocycles. The van der Waals surface area contributed by atoms with Crippen LogP contribution in [-0.2, 0) is 6.42 Å². The number of rotatable bonds is 2. The Morgan fingerprint density at radius 2 is 1.79 bits per heavy atom. The Bertz CT molecular complexity index is 843. The zero-order valence-electron chi connectivity index (χ0n) is 10.8. The van der Waals surface area contributed by atoms with Crippen LogP contribution in [0.3, 0.4) is 0 Å². The van der Waals surface area contributed by atoms with Crippen LogP contribution >= 0.6 is 11.3 Å². The third-order valence-corrected chi connectivity index (χ3v) is 4.57. The molecule has 0 N–H and O–H groups in total. The van der Waals surface area contributed by atoms with Crippen LogP contribution in [0.4, 0.5) is 0 Å². The SMILES string of the molecule is C=Cc1cccc2sc3cccc(CC)c3c(=O)c12. The predicted octanol–water partition coefficient (Wildman–Crippen LogP) is 4.62. The Morgan fingerprint density at radius 1 is 1.11 bits per heavy atom. The summed E-state index contributed by atoms with van der Waals surface area (Å²) in [5.41, 5.74) is 2.18. The first kappa shape index (κ1) is 12.1. The van der Waals surface area contributed by atoms with E-state index in [1.165, 1.54) is 0 Å². The predicted molar refractivity (Wildman–Crippen MR) is 85.1 cm³/mol. The maximum atomic E-state index is 12.8. The van der Waals surface area contributed by atoms with Crippen LogP contribution in [0.25, 0.3) is 26.2 Å². The Balaban J connectivity index is 2.62. The van der Waals surface area contributed by atoms with Crippen LogP contribution in [0.15, 0.2) is 47.8 Å². The van der Waals surface area contributed by atoms with Gasteiger partial charge >= 0.3 is 0 Å². The lowest BCUT2D eigenvalue weighted by molar-refractivity contribution is 1.16. The van der Waals surface area contributed by atoms with Gasteiger partial charge < -0.3 is 0 Å². The second-order valence-corrected chi connectivity index (χ2v) is 5.58. The molecular formula is C17H14OS. The molecule has 1 nitrogen and oxygen atoms in total. The van der Waals surface area contributed by atoms with E-state index in [1.807, 2.05) is 36.4 Å². The molecule has 0 amide bonds. The highest BCUT2D eigenvalue weighted by Crippen LogP contribution is 2.28. The van der Waals surface area contributed by atoms with Gasteiger partial charge in [0, 0.05) is 20.2 Å². The largest absolute Gasteiger partial charge is 0.288 e. The van der Waals surface area contributed by atoms with Crippen molar-refractivity contribution in [2.24, 2.45) is 0 Å². The van der Waals surface area contributed by atoms with Crippen LogP contribution in [-0.4, -0.2) is 0 Å². The molecule has 0 fully saturated rings. The Labute approximate surface area is 115 Å². The highest BCUT2D eigenvalue weighted by atomic mass is 32.1. The molecule has 1 heterocycles. The van der Waals surface area contributed by atoms with Gasteiger partial charge in [-0.05, 0) is 29.7 Å². The third kappa shape index (κ3) is 1.80. The highest BCUT2D eigenvalue weighted by Gasteiger charge is 2.10. The van der Waals surface area contributed by atoms with Crippen molar-refractivity contribution in [3.8, 4) is 0 Å². The molecule has 3 rings (SSSR count). The van der Waals surface area contributed by atoms with Gasteiger partial charge in [0.1, 0.15) is 0 Å². The van der Waals surface area contributed by atoms with E-state index < -0.39 is 0 Å². The summed E-state index contributed by atoms with van der Waals surface area (Å²) >= 11 is 1.68. The summed E-state index contributed by atoms with van der Waals surface area (Å²) in [4.78, 5) is 12.8. The summed E-state index contributed by atoms with van der Waals surface area (Å²) in [6, 6.07) is 12.0. The number of aryl methyl sites for hydroxylation is 1. The lowest BCUT2D eigenvalue weighted by Crippen LogP contribution is -2.05. The Hall–Kier alpha value is -1.93. The maximum Gasteiger partial charge on any atom is 0.196 e. The summed E-state index contributed by atoms with van der Waals surface area (Å²) in [6.45, 7) is 5.90. The molecule has 2 heteroatoms. The minimum absolute atomic E-state index is 0.136.